The van der Waals surface area contributed by atoms with Gasteiger partial charge in [-0.25, -0.2) is 0 Å². The molecule has 1 saturated heterocycles. The number of carbonyl (C=O) groups excluding carboxylic acids is 2. The quantitative estimate of drug-likeness (QED) is 0.753. The van der Waals surface area contributed by atoms with Gasteiger partial charge in [0.05, 0.1) is 6.54 Å². The van der Waals surface area contributed by atoms with E-state index in [9.17, 15) is 9.59 Å². The van der Waals surface area contributed by atoms with E-state index in [2.05, 4.69) is 19.2 Å². The summed E-state index contributed by atoms with van der Waals surface area (Å²) in [6, 6.07) is -0.0357. The van der Waals surface area contributed by atoms with Gasteiger partial charge in [-0.3, -0.25) is 9.59 Å². The van der Waals surface area contributed by atoms with Crippen LogP contribution in [0, 0.1) is 11.3 Å². The number of amides is 2. The molecule has 2 aliphatic rings. The highest BCUT2D eigenvalue weighted by atomic mass is 16.2. The van der Waals surface area contributed by atoms with Crippen molar-refractivity contribution in [3.8, 4) is 0 Å². The van der Waals surface area contributed by atoms with Gasteiger partial charge in [-0.2, -0.15) is 0 Å². The number of carbonyl (C=O) groups is 2. The summed E-state index contributed by atoms with van der Waals surface area (Å²) in [6.45, 7) is 8.44. The molecule has 0 aromatic heterocycles. The molecule has 0 bridgehead atoms. The van der Waals surface area contributed by atoms with Gasteiger partial charge >= 0.3 is 0 Å². The first-order valence-electron chi connectivity index (χ1n) is 5.93. The molecule has 0 spiro atoms. The molecule has 1 aliphatic heterocycles. The predicted molar refractivity (Wildman–Crippen MR) is 60.7 cm³/mol. The molecule has 0 aromatic carbocycles. The molecule has 1 aliphatic carbocycles. The van der Waals surface area contributed by atoms with E-state index in [1.54, 1.807) is 0 Å². The summed E-state index contributed by atoms with van der Waals surface area (Å²) in [5, 5.41) is 2.67. The maximum atomic E-state index is 11.9. The maximum Gasteiger partial charge on any atom is 0.243 e. The molecule has 4 nitrogen and oxygen atoms in total. The Balaban J connectivity index is 2.23. The lowest BCUT2D eigenvalue weighted by atomic mass is 9.98. The Kier molecular flexibility index (Phi) is 2.48. The smallest absolute Gasteiger partial charge is 0.243 e. The summed E-state index contributed by atoms with van der Waals surface area (Å²) in [5.41, 5.74) is 0.181. The topological polar surface area (TPSA) is 49.4 Å². The third-order valence-corrected chi connectivity index (χ3v) is 3.70. The lowest BCUT2D eigenvalue weighted by Crippen LogP contribution is -2.61. The Labute approximate surface area is 96.4 Å². The van der Waals surface area contributed by atoms with Crippen molar-refractivity contribution in [2.75, 3.05) is 6.54 Å². The van der Waals surface area contributed by atoms with Crippen LogP contribution in [0.2, 0.25) is 0 Å². The van der Waals surface area contributed by atoms with Gasteiger partial charge in [0.1, 0.15) is 6.04 Å². The minimum atomic E-state index is -0.284. The second-order valence-electron chi connectivity index (χ2n) is 5.92. The lowest BCUT2D eigenvalue weighted by molar-refractivity contribution is -0.148. The zero-order valence-electron chi connectivity index (χ0n) is 10.4. The van der Waals surface area contributed by atoms with E-state index in [4.69, 9.17) is 0 Å². The van der Waals surface area contributed by atoms with Crippen LogP contribution in [0.1, 0.15) is 34.1 Å². The summed E-state index contributed by atoms with van der Waals surface area (Å²) in [5.74, 6) is 0.229. The van der Waals surface area contributed by atoms with Crippen LogP contribution in [0.25, 0.3) is 0 Å². The van der Waals surface area contributed by atoms with Gasteiger partial charge < -0.3 is 10.2 Å². The molecule has 2 amide bonds. The monoisotopic (exact) mass is 224 g/mol. The first kappa shape index (κ1) is 11.4. The largest absolute Gasteiger partial charge is 0.345 e. The Bertz CT molecular complexity index is 336. The molecular formula is C12H20N2O2. The van der Waals surface area contributed by atoms with Crippen LogP contribution in [0.4, 0.5) is 0 Å². The summed E-state index contributed by atoms with van der Waals surface area (Å²) in [7, 11) is 0. The SMILES string of the molecule is CC(C)C1C(=O)NCC(=O)N1C1CC1(C)C. The molecule has 0 aromatic rings. The van der Waals surface area contributed by atoms with Crippen molar-refractivity contribution in [1.29, 1.82) is 0 Å². The van der Waals surface area contributed by atoms with Crippen LogP contribution in [-0.4, -0.2) is 35.3 Å². The minimum absolute atomic E-state index is 0.00250. The van der Waals surface area contributed by atoms with Gasteiger partial charge in [0.15, 0.2) is 0 Å². The lowest BCUT2D eigenvalue weighted by Gasteiger charge is -2.38. The van der Waals surface area contributed by atoms with Crippen molar-refractivity contribution in [2.24, 2.45) is 11.3 Å². The number of rotatable bonds is 2. The molecular weight excluding hydrogens is 204 g/mol. The molecule has 16 heavy (non-hydrogen) atoms. The average molecular weight is 224 g/mol. The van der Waals surface area contributed by atoms with Crippen LogP contribution in [-0.2, 0) is 9.59 Å². The molecule has 1 heterocycles. The standard InChI is InChI=1S/C12H20N2O2/c1-7(2)10-11(16)13-6-9(15)14(10)8-5-12(8,3)4/h7-8,10H,5-6H2,1-4H3,(H,13,16). The molecule has 2 rings (SSSR count). The third-order valence-electron chi connectivity index (χ3n) is 3.70. The van der Waals surface area contributed by atoms with Crippen molar-refractivity contribution in [2.45, 2.75) is 46.2 Å². The van der Waals surface area contributed by atoms with Gasteiger partial charge in [0, 0.05) is 6.04 Å². The molecule has 0 radical (unpaired) electrons. The van der Waals surface area contributed by atoms with Gasteiger partial charge in [0.2, 0.25) is 11.8 Å². The van der Waals surface area contributed by atoms with E-state index >= 15 is 0 Å². The Hall–Kier alpha value is -1.06. The van der Waals surface area contributed by atoms with Crippen molar-refractivity contribution >= 4 is 11.8 Å². The third kappa shape index (κ3) is 1.70. The first-order chi connectivity index (χ1) is 7.34. The Morgan fingerprint density at radius 3 is 2.38 bits per heavy atom. The summed E-state index contributed by atoms with van der Waals surface area (Å²) in [4.78, 5) is 25.6. The fraction of sp³-hybridized carbons (Fsp3) is 0.833. The predicted octanol–water partition coefficient (Wildman–Crippen LogP) is 0.768. The highest BCUT2D eigenvalue weighted by molar-refractivity contribution is 5.95. The summed E-state index contributed by atoms with van der Waals surface area (Å²) >= 11 is 0. The van der Waals surface area contributed by atoms with E-state index in [1.807, 2.05) is 18.7 Å². The fourth-order valence-electron chi connectivity index (χ4n) is 2.55. The minimum Gasteiger partial charge on any atom is -0.345 e. The van der Waals surface area contributed by atoms with Gasteiger partial charge in [0.25, 0.3) is 0 Å². The number of piperazine rings is 1. The summed E-state index contributed by atoms with van der Waals surface area (Å²) < 4.78 is 0. The van der Waals surface area contributed by atoms with Crippen LogP contribution in [0.3, 0.4) is 0 Å². The number of nitrogens with one attached hydrogen (secondary N) is 1. The Morgan fingerprint density at radius 1 is 1.38 bits per heavy atom. The van der Waals surface area contributed by atoms with E-state index in [1.165, 1.54) is 0 Å². The van der Waals surface area contributed by atoms with Crippen LogP contribution in [0.5, 0.6) is 0 Å². The van der Waals surface area contributed by atoms with E-state index in [0.717, 1.165) is 6.42 Å². The van der Waals surface area contributed by atoms with Gasteiger partial charge in [-0.1, -0.05) is 27.7 Å². The molecule has 2 unspecified atom stereocenters. The van der Waals surface area contributed by atoms with Gasteiger partial charge in [-0.15, -0.1) is 0 Å². The van der Waals surface area contributed by atoms with Crippen LogP contribution >= 0.6 is 0 Å². The average Bonchev–Trinajstić information content (AvgIpc) is 2.77. The molecule has 2 fully saturated rings. The molecule has 2 atom stereocenters. The number of hydrogen-bond acceptors (Lipinski definition) is 2. The maximum absolute atomic E-state index is 11.9. The van der Waals surface area contributed by atoms with Crippen LogP contribution < -0.4 is 5.32 Å². The number of nitrogens with zero attached hydrogens (tertiary/aromatic N) is 1. The summed E-state index contributed by atoms with van der Waals surface area (Å²) in [6.07, 6.45) is 1.01. The second-order valence-corrected chi connectivity index (χ2v) is 5.92. The highest BCUT2D eigenvalue weighted by Gasteiger charge is 2.55. The fourth-order valence-corrected chi connectivity index (χ4v) is 2.55. The zero-order chi connectivity index (χ0) is 12.1. The van der Waals surface area contributed by atoms with Gasteiger partial charge in [-0.05, 0) is 17.8 Å². The van der Waals surface area contributed by atoms with Crippen molar-refractivity contribution in [3.63, 3.8) is 0 Å². The second kappa shape index (κ2) is 3.47. The molecule has 4 heteroatoms. The van der Waals surface area contributed by atoms with Crippen LogP contribution in [0.15, 0.2) is 0 Å². The molecule has 1 N–H and O–H groups in total. The zero-order valence-corrected chi connectivity index (χ0v) is 10.4. The number of hydrogen-bond donors (Lipinski definition) is 1. The first-order valence-corrected chi connectivity index (χ1v) is 5.93. The highest BCUT2D eigenvalue weighted by Crippen LogP contribution is 2.50. The van der Waals surface area contributed by atoms with E-state index < -0.39 is 0 Å². The van der Waals surface area contributed by atoms with Crippen molar-refractivity contribution < 1.29 is 9.59 Å². The van der Waals surface area contributed by atoms with E-state index in [0.29, 0.717) is 0 Å². The molecule has 90 valence electrons. The van der Waals surface area contributed by atoms with Crippen molar-refractivity contribution in [1.82, 2.24) is 10.2 Å². The normalized spacial score (nSPS) is 32.9. The van der Waals surface area contributed by atoms with Crippen molar-refractivity contribution in [3.05, 3.63) is 0 Å². The van der Waals surface area contributed by atoms with E-state index in [-0.39, 0.29) is 41.8 Å². The Morgan fingerprint density at radius 2 is 1.94 bits per heavy atom. The molecule has 1 saturated carbocycles.